The van der Waals surface area contributed by atoms with E-state index in [1.54, 1.807) is 0 Å². The molecule has 0 fully saturated rings. The van der Waals surface area contributed by atoms with Gasteiger partial charge in [-0.15, -0.1) is 19.0 Å². The maximum atomic E-state index is 6.77. The summed E-state index contributed by atoms with van der Waals surface area (Å²) in [6.07, 6.45) is 2.78. The second-order valence-corrected chi connectivity index (χ2v) is 7.90. The largest absolute Gasteiger partial charge is 0.321 e. The van der Waals surface area contributed by atoms with Crippen LogP contribution < -0.4 is 11.1 Å². The smallest absolute Gasteiger partial charge is 0.0447 e. The normalized spacial score (nSPS) is 14.2. The lowest BCUT2D eigenvalue weighted by molar-refractivity contribution is 0.381. The Morgan fingerprint density at radius 2 is 1.77 bits per heavy atom. The molecule has 4 heteroatoms. The highest BCUT2D eigenvalue weighted by Crippen LogP contribution is 2.30. The molecule has 26 heavy (non-hydrogen) atoms. The van der Waals surface area contributed by atoms with Gasteiger partial charge < -0.3 is 11.1 Å². The number of nitrogens with two attached hydrogens (primary N) is 1. The van der Waals surface area contributed by atoms with Crippen LogP contribution in [0.5, 0.6) is 0 Å². The topological polar surface area (TPSA) is 38.0 Å². The maximum Gasteiger partial charge on any atom is 0.0447 e. The van der Waals surface area contributed by atoms with Crippen LogP contribution in [0.1, 0.15) is 50.3 Å². The summed E-state index contributed by atoms with van der Waals surface area (Å²) >= 11 is 3.48. The molecule has 2 aromatic carbocycles. The van der Waals surface area contributed by atoms with Crippen LogP contribution in [0, 0.1) is 0 Å². The SMILES string of the molecule is C=C(C)C[C@@](N)(CCCN[C@@H](C)c1ccc(Br)cc1)c1ccccc1.Cl. The quantitative estimate of drug-likeness (QED) is 0.366. The molecule has 2 aromatic rings. The number of rotatable bonds is 9. The zero-order valence-corrected chi connectivity index (χ0v) is 18.1. The summed E-state index contributed by atoms with van der Waals surface area (Å²) in [5, 5.41) is 3.60. The van der Waals surface area contributed by atoms with Crippen molar-refractivity contribution in [3.8, 4) is 0 Å². The van der Waals surface area contributed by atoms with Crippen molar-refractivity contribution in [1.29, 1.82) is 0 Å². The molecular formula is C22H30BrClN2. The molecule has 0 radical (unpaired) electrons. The van der Waals surface area contributed by atoms with Crippen molar-refractivity contribution >= 4 is 28.3 Å². The molecule has 3 N–H and O–H groups in total. The van der Waals surface area contributed by atoms with E-state index in [0.29, 0.717) is 6.04 Å². The second-order valence-electron chi connectivity index (χ2n) is 6.99. The number of hydrogen-bond donors (Lipinski definition) is 2. The minimum absolute atomic E-state index is 0. The minimum Gasteiger partial charge on any atom is -0.321 e. The molecule has 2 nitrogen and oxygen atoms in total. The monoisotopic (exact) mass is 436 g/mol. The Bertz CT molecular complexity index is 672. The van der Waals surface area contributed by atoms with E-state index >= 15 is 0 Å². The Morgan fingerprint density at radius 1 is 1.15 bits per heavy atom. The van der Waals surface area contributed by atoms with Crippen LogP contribution in [0.25, 0.3) is 0 Å². The number of hydrogen-bond acceptors (Lipinski definition) is 2. The fourth-order valence-corrected chi connectivity index (χ4v) is 3.50. The standard InChI is InChI=1S/C22H29BrN2.ClH/c1-17(2)16-22(24,20-8-5-4-6-9-20)14-7-15-25-18(3)19-10-12-21(23)13-11-19;/h4-6,8-13,18,25H,1,7,14-16,24H2,2-3H3;1H/t18-,22-;/m0./s1. The fraction of sp³-hybridized carbons (Fsp3) is 0.364. The third-order valence-corrected chi connectivity index (χ3v) is 5.11. The average molecular weight is 438 g/mol. The first-order valence-electron chi connectivity index (χ1n) is 8.88. The van der Waals surface area contributed by atoms with Crippen molar-refractivity contribution in [2.75, 3.05) is 6.54 Å². The zero-order chi connectivity index (χ0) is 18.3. The summed E-state index contributed by atoms with van der Waals surface area (Å²) in [6, 6.07) is 19.2. The van der Waals surface area contributed by atoms with Crippen LogP contribution in [0.15, 0.2) is 71.2 Å². The van der Waals surface area contributed by atoms with Gasteiger partial charge in [0.2, 0.25) is 0 Å². The molecule has 0 aliphatic rings. The van der Waals surface area contributed by atoms with Gasteiger partial charge in [0.25, 0.3) is 0 Å². The van der Waals surface area contributed by atoms with Crippen LogP contribution in [-0.4, -0.2) is 6.54 Å². The molecule has 0 saturated heterocycles. The van der Waals surface area contributed by atoms with Crippen molar-refractivity contribution in [1.82, 2.24) is 5.32 Å². The van der Waals surface area contributed by atoms with Crippen molar-refractivity contribution < 1.29 is 0 Å². The van der Waals surface area contributed by atoms with Crippen LogP contribution in [0.2, 0.25) is 0 Å². The Kier molecular flexibility index (Phi) is 9.59. The molecule has 142 valence electrons. The van der Waals surface area contributed by atoms with Crippen LogP contribution in [0.3, 0.4) is 0 Å². The van der Waals surface area contributed by atoms with E-state index in [-0.39, 0.29) is 17.9 Å². The van der Waals surface area contributed by atoms with Gasteiger partial charge >= 0.3 is 0 Å². The predicted octanol–water partition coefficient (Wildman–Crippen LogP) is 6.12. The first-order chi connectivity index (χ1) is 11.9. The van der Waals surface area contributed by atoms with Crippen LogP contribution in [-0.2, 0) is 5.54 Å². The third-order valence-electron chi connectivity index (χ3n) is 4.59. The van der Waals surface area contributed by atoms with E-state index in [1.165, 1.54) is 11.1 Å². The van der Waals surface area contributed by atoms with E-state index in [0.717, 1.165) is 35.9 Å². The van der Waals surface area contributed by atoms with Crippen molar-refractivity contribution in [2.45, 2.75) is 44.7 Å². The lowest BCUT2D eigenvalue weighted by Crippen LogP contribution is -2.37. The Balaban J connectivity index is 0.00000338. The second kappa shape index (κ2) is 10.9. The van der Waals surface area contributed by atoms with Gasteiger partial charge in [0.05, 0.1) is 0 Å². The summed E-state index contributed by atoms with van der Waals surface area (Å²) in [4.78, 5) is 0. The molecule has 0 bridgehead atoms. The average Bonchev–Trinajstić information content (AvgIpc) is 2.59. The highest BCUT2D eigenvalue weighted by Gasteiger charge is 2.26. The summed E-state index contributed by atoms with van der Waals surface area (Å²) in [5.41, 5.74) is 10.1. The van der Waals surface area contributed by atoms with E-state index < -0.39 is 0 Å². The predicted molar refractivity (Wildman–Crippen MR) is 119 cm³/mol. The number of nitrogens with one attached hydrogen (secondary N) is 1. The van der Waals surface area contributed by atoms with E-state index in [2.05, 4.69) is 90.2 Å². The van der Waals surface area contributed by atoms with Gasteiger partial charge in [-0.2, -0.15) is 0 Å². The lowest BCUT2D eigenvalue weighted by atomic mass is 9.81. The molecule has 0 aliphatic heterocycles. The minimum atomic E-state index is -0.338. The molecule has 0 unspecified atom stereocenters. The van der Waals surface area contributed by atoms with E-state index in [9.17, 15) is 0 Å². The highest BCUT2D eigenvalue weighted by atomic mass is 79.9. The molecule has 0 aliphatic carbocycles. The van der Waals surface area contributed by atoms with Gasteiger partial charge in [0.1, 0.15) is 0 Å². The molecule has 0 saturated carbocycles. The van der Waals surface area contributed by atoms with Crippen LogP contribution >= 0.6 is 28.3 Å². The fourth-order valence-electron chi connectivity index (χ4n) is 3.24. The molecule has 2 rings (SSSR count). The van der Waals surface area contributed by atoms with Gasteiger partial charge in [0.15, 0.2) is 0 Å². The van der Waals surface area contributed by atoms with Gasteiger partial charge in [-0.25, -0.2) is 0 Å². The first kappa shape index (κ1) is 22.9. The molecule has 0 aromatic heterocycles. The molecule has 0 heterocycles. The highest BCUT2D eigenvalue weighted by molar-refractivity contribution is 9.10. The third kappa shape index (κ3) is 6.88. The number of halogens is 2. The summed E-state index contributed by atoms with van der Waals surface area (Å²) in [6.45, 7) is 9.27. The van der Waals surface area contributed by atoms with Gasteiger partial charge in [-0.05, 0) is 62.9 Å². The van der Waals surface area contributed by atoms with E-state index in [4.69, 9.17) is 5.73 Å². The zero-order valence-electron chi connectivity index (χ0n) is 15.7. The van der Waals surface area contributed by atoms with Crippen molar-refractivity contribution in [3.05, 3.63) is 82.3 Å². The Hall–Kier alpha value is -1.13. The van der Waals surface area contributed by atoms with Gasteiger partial charge in [-0.3, -0.25) is 0 Å². The van der Waals surface area contributed by atoms with E-state index in [1.807, 2.05) is 6.07 Å². The van der Waals surface area contributed by atoms with Gasteiger partial charge in [-0.1, -0.05) is 64.0 Å². The molecule has 0 amide bonds. The lowest BCUT2D eigenvalue weighted by Gasteiger charge is -2.31. The first-order valence-corrected chi connectivity index (χ1v) is 9.68. The summed E-state index contributed by atoms with van der Waals surface area (Å²) in [5.74, 6) is 0. The molecular weight excluding hydrogens is 408 g/mol. The molecule has 2 atom stereocenters. The Labute approximate surface area is 172 Å². The van der Waals surface area contributed by atoms with Crippen molar-refractivity contribution in [2.24, 2.45) is 5.73 Å². The molecule has 0 spiro atoms. The summed E-state index contributed by atoms with van der Waals surface area (Å²) < 4.78 is 1.11. The van der Waals surface area contributed by atoms with Gasteiger partial charge in [0, 0.05) is 16.1 Å². The number of benzene rings is 2. The van der Waals surface area contributed by atoms with Crippen molar-refractivity contribution in [3.63, 3.8) is 0 Å². The van der Waals surface area contributed by atoms with Crippen LogP contribution in [0.4, 0.5) is 0 Å². The maximum absolute atomic E-state index is 6.77. The Morgan fingerprint density at radius 3 is 2.35 bits per heavy atom. The summed E-state index contributed by atoms with van der Waals surface area (Å²) in [7, 11) is 0.